The molecule has 156 valence electrons. The molecule has 0 aliphatic heterocycles. The van der Waals surface area contributed by atoms with E-state index in [1.165, 1.54) is 0 Å². The Balaban J connectivity index is 1.47. The van der Waals surface area contributed by atoms with Crippen molar-refractivity contribution in [2.75, 3.05) is 13.7 Å². The summed E-state index contributed by atoms with van der Waals surface area (Å²) in [6.45, 7) is 2.46. The lowest BCUT2D eigenvalue weighted by Crippen LogP contribution is -2.17. The van der Waals surface area contributed by atoms with Gasteiger partial charge in [0, 0.05) is 11.1 Å². The van der Waals surface area contributed by atoms with E-state index >= 15 is 0 Å². The van der Waals surface area contributed by atoms with Gasteiger partial charge >= 0.3 is 0 Å². The van der Waals surface area contributed by atoms with Crippen molar-refractivity contribution in [1.82, 2.24) is 15.4 Å². The lowest BCUT2D eigenvalue weighted by molar-refractivity contribution is 0.0955. The van der Waals surface area contributed by atoms with Crippen LogP contribution in [0.1, 0.15) is 22.8 Å². The van der Waals surface area contributed by atoms with Gasteiger partial charge in [0.15, 0.2) is 11.5 Å². The number of hydrogen-bond donors (Lipinski definition) is 2. The molecular weight excluding hydrogens is 392 g/mol. The smallest absolute Gasteiger partial charge is 0.271 e. The Bertz CT molecular complexity index is 1230. The van der Waals surface area contributed by atoms with Crippen molar-refractivity contribution in [3.05, 3.63) is 77.9 Å². The average Bonchev–Trinajstić information content (AvgIpc) is 3.24. The third kappa shape index (κ3) is 4.56. The number of hydrazone groups is 1. The van der Waals surface area contributed by atoms with Crippen LogP contribution in [0.15, 0.2) is 71.8 Å². The van der Waals surface area contributed by atoms with Crippen LogP contribution in [0.3, 0.4) is 0 Å². The van der Waals surface area contributed by atoms with Crippen molar-refractivity contribution < 1.29 is 14.3 Å². The van der Waals surface area contributed by atoms with Crippen LogP contribution >= 0.6 is 0 Å². The minimum atomic E-state index is -0.313. The van der Waals surface area contributed by atoms with E-state index in [4.69, 9.17) is 9.47 Å². The van der Waals surface area contributed by atoms with Crippen molar-refractivity contribution in [3.63, 3.8) is 0 Å². The molecule has 4 aromatic rings. The molecule has 0 aliphatic carbocycles. The molecule has 1 aromatic heterocycles. The first kappa shape index (κ1) is 20.2. The van der Waals surface area contributed by atoms with Gasteiger partial charge in [0.1, 0.15) is 5.82 Å². The molecule has 1 heterocycles. The van der Waals surface area contributed by atoms with Gasteiger partial charge < -0.3 is 14.5 Å². The number of aromatic nitrogens is 2. The number of fused-ring (bicyclic) bond motifs is 1. The molecule has 0 spiro atoms. The summed E-state index contributed by atoms with van der Waals surface area (Å²) in [6.07, 6.45) is 1.55. The van der Waals surface area contributed by atoms with Crippen LogP contribution in [0.2, 0.25) is 0 Å². The molecule has 3 aromatic carbocycles. The van der Waals surface area contributed by atoms with Crippen LogP contribution in [-0.2, 0) is 0 Å². The molecule has 7 heteroatoms. The second-order valence-corrected chi connectivity index (χ2v) is 6.73. The van der Waals surface area contributed by atoms with E-state index in [1.807, 2.05) is 55.5 Å². The number of imidazole rings is 1. The van der Waals surface area contributed by atoms with Crippen molar-refractivity contribution in [3.8, 4) is 22.9 Å². The second-order valence-electron chi connectivity index (χ2n) is 6.73. The zero-order chi connectivity index (χ0) is 21.6. The highest BCUT2D eigenvalue weighted by Crippen LogP contribution is 2.27. The van der Waals surface area contributed by atoms with E-state index in [0.29, 0.717) is 23.7 Å². The Morgan fingerprint density at radius 1 is 1.10 bits per heavy atom. The molecule has 0 unspecified atom stereocenters. The zero-order valence-corrected chi connectivity index (χ0v) is 17.3. The Morgan fingerprint density at radius 2 is 1.94 bits per heavy atom. The minimum Gasteiger partial charge on any atom is -0.493 e. The molecule has 7 nitrogen and oxygen atoms in total. The van der Waals surface area contributed by atoms with E-state index in [9.17, 15) is 4.79 Å². The van der Waals surface area contributed by atoms with Crippen molar-refractivity contribution in [1.29, 1.82) is 0 Å². The summed E-state index contributed by atoms with van der Waals surface area (Å²) < 4.78 is 10.8. The number of methoxy groups -OCH3 is 1. The predicted octanol–water partition coefficient (Wildman–Crippen LogP) is 4.40. The maximum absolute atomic E-state index is 12.5. The largest absolute Gasteiger partial charge is 0.493 e. The molecule has 0 radical (unpaired) electrons. The minimum absolute atomic E-state index is 0.313. The number of hydrogen-bond acceptors (Lipinski definition) is 5. The molecule has 0 saturated carbocycles. The van der Waals surface area contributed by atoms with Crippen LogP contribution in [0, 0.1) is 0 Å². The number of rotatable bonds is 7. The maximum Gasteiger partial charge on any atom is 0.271 e. The SMILES string of the molecule is CCOc1ccc(/C=N/NC(=O)c2ccc3nc(-c4ccccc4)[nH]c3c2)cc1OC. The van der Waals surface area contributed by atoms with Crippen molar-refractivity contribution >= 4 is 23.2 Å². The van der Waals surface area contributed by atoms with Gasteiger partial charge in [0.05, 0.1) is 31.0 Å². The Hall–Kier alpha value is -4.13. The predicted molar refractivity (Wildman–Crippen MR) is 121 cm³/mol. The van der Waals surface area contributed by atoms with Gasteiger partial charge in [-0.25, -0.2) is 10.4 Å². The van der Waals surface area contributed by atoms with Gasteiger partial charge in [-0.3, -0.25) is 4.79 Å². The summed E-state index contributed by atoms with van der Waals surface area (Å²) in [5, 5.41) is 4.06. The number of ether oxygens (including phenoxy) is 2. The van der Waals surface area contributed by atoms with Gasteiger partial charge in [-0.15, -0.1) is 0 Å². The summed E-state index contributed by atoms with van der Waals surface area (Å²) in [6, 6.07) is 20.6. The third-order valence-corrected chi connectivity index (χ3v) is 4.66. The average molecular weight is 414 g/mol. The van der Waals surface area contributed by atoms with Gasteiger partial charge in [-0.05, 0) is 48.9 Å². The first-order valence-corrected chi connectivity index (χ1v) is 9.87. The highest BCUT2D eigenvalue weighted by molar-refractivity contribution is 5.98. The van der Waals surface area contributed by atoms with Gasteiger partial charge in [-0.2, -0.15) is 5.10 Å². The van der Waals surface area contributed by atoms with Crippen LogP contribution in [0.5, 0.6) is 11.5 Å². The normalized spacial score (nSPS) is 11.0. The van der Waals surface area contributed by atoms with E-state index in [-0.39, 0.29) is 5.91 Å². The molecule has 0 fully saturated rings. The van der Waals surface area contributed by atoms with Gasteiger partial charge in [-0.1, -0.05) is 30.3 Å². The summed E-state index contributed by atoms with van der Waals surface area (Å²) in [5.41, 5.74) is 6.37. The summed E-state index contributed by atoms with van der Waals surface area (Å²) >= 11 is 0. The van der Waals surface area contributed by atoms with Crippen LogP contribution in [0.4, 0.5) is 0 Å². The first-order valence-electron chi connectivity index (χ1n) is 9.87. The fraction of sp³-hybridized carbons (Fsp3) is 0.125. The highest BCUT2D eigenvalue weighted by Gasteiger charge is 2.10. The molecule has 0 atom stereocenters. The molecule has 4 rings (SSSR count). The van der Waals surface area contributed by atoms with Crippen LogP contribution in [0.25, 0.3) is 22.4 Å². The third-order valence-electron chi connectivity index (χ3n) is 4.66. The van der Waals surface area contributed by atoms with E-state index in [0.717, 1.165) is 28.0 Å². The fourth-order valence-electron chi connectivity index (χ4n) is 3.15. The number of benzene rings is 3. The summed E-state index contributed by atoms with van der Waals surface area (Å²) in [7, 11) is 1.58. The Labute approximate surface area is 179 Å². The highest BCUT2D eigenvalue weighted by atomic mass is 16.5. The summed E-state index contributed by atoms with van der Waals surface area (Å²) in [4.78, 5) is 20.4. The molecule has 2 N–H and O–H groups in total. The van der Waals surface area contributed by atoms with Gasteiger partial charge in [0.2, 0.25) is 0 Å². The molecule has 31 heavy (non-hydrogen) atoms. The second kappa shape index (κ2) is 9.13. The lowest BCUT2D eigenvalue weighted by Gasteiger charge is -2.09. The van der Waals surface area contributed by atoms with Crippen LogP contribution in [-0.4, -0.2) is 35.8 Å². The molecule has 0 aliphatic rings. The molecule has 1 amide bonds. The molecular formula is C24H22N4O3. The number of aromatic amines is 1. The number of nitrogens with zero attached hydrogens (tertiary/aromatic N) is 2. The number of nitrogens with one attached hydrogen (secondary N) is 2. The Kier molecular flexibility index (Phi) is 5.93. The first-order chi connectivity index (χ1) is 15.2. The van der Waals surface area contributed by atoms with E-state index in [2.05, 4.69) is 20.5 Å². The Morgan fingerprint density at radius 3 is 2.71 bits per heavy atom. The van der Waals surface area contributed by atoms with E-state index < -0.39 is 0 Å². The fourth-order valence-corrected chi connectivity index (χ4v) is 3.15. The van der Waals surface area contributed by atoms with Crippen LogP contribution < -0.4 is 14.9 Å². The monoisotopic (exact) mass is 414 g/mol. The standard InChI is InChI=1S/C24H22N4O3/c1-3-31-21-12-9-16(13-22(21)30-2)15-25-28-24(29)18-10-11-19-20(14-18)27-23(26-19)17-7-5-4-6-8-17/h4-15H,3H2,1-2H3,(H,26,27)(H,28,29)/b25-15+. The molecule has 0 bridgehead atoms. The maximum atomic E-state index is 12.5. The lowest BCUT2D eigenvalue weighted by atomic mass is 10.2. The number of carbonyl (C=O) groups is 1. The van der Waals surface area contributed by atoms with Crippen molar-refractivity contribution in [2.45, 2.75) is 6.92 Å². The number of carbonyl (C=O) groups excluding carboxylic acids is 1. The number of H-pyrrole nitrogens is 1. The quantitative estimate of drug-likeness (QED) is 0.346. The zero-order valence-electron chi connectivity index (χ0n) is 17.3. The summed E-state index contributed by atoms with van der Waals surface area (Å²) in [5.74, 6) is 1.72. The topological polar surface area (TPSA) is 88.6 Å². The van der Waals surface area contributed by atoms with Gasteiger partial charge in [0.25, 0.3) is 5.91 Å². The molecule has 0 saturated heterocycles. The van der Waals surface area contributed by atoms with Crippen molar-refractivity contribution in [2.24, 2.45) is 5.10 Å². The van der Waals surface area contributed by atoms with E-state index in [1.54, 1.807) is 31.5 Å². The number of amides is 1.